The van der Waals surface area contributed by atoms with E-state index in [1.165, 1.54) is 0 Å². The predicted octanol–water partition coefficient (Wildman–Crippen LogP) is 2.01. The Morgan fingerprint density at radius 2 is 2.22 bits per heavy atom. The van der Waals surface area contributed by atoms with Crippen LogP contribution >= 0.6 is 0 Å². The summed E-state index contributed by atoms with van der Waals surface area (Å²) in [6, 6.07) is 13.3. The van der Waals surface area contributed by atoms with Crippen molar-refractivity contribution in [3.8, 4) is 11.8 Å². The van der Waals surface area contributed by atoms with Crippen LogP contribution in [0.2, 0.25) is 0 Å². The Labute approximate surface area is 133 Å². The lowest BCUT2D eigenvalue weighted by molar-refractivity contribution is 0.0943. The maximum absolute atomic E-state index is 12.2. The van der Waals surface area contributed by atoms with Gasteiger partial charge in [0.05, 0.1) is 11.3 Å². The molecule has 0 bridgehead atoms. The van der Waals surface area contributed by atoms with Crippen LogP contribution in [0.4, 0.5) is 0 Å². The summed E-state index contributed by atoms with van der Waals surface area (Å²) in [4.78, 5) is 12.2. The largest absolute Gasteiger partial charge is 0.347 e. The van der Waals surface area contributed by atoms with Gasteiger partial charge in [-0.1, -0.05) is 12.1 Å². The topological polar surface area (TPSA) is 75.6 Å². The highest BCUT2D eigenvalue weighted by molar-refractivity contribution is 5.93. The van der Waals surface area contributed by atoms with Crippen molar-refractivity contribution in [2.75, 3.05) is 0 Å². The Bertz CT molecular complexity index is 871. The average molecular weight is 305 g/mol. The maximum atomic E-state index is 12.2. The van der Waals surface area contributed by atoms with E-state index in [-0.39, 0.29) is 5.91 Å². The van der Waals surface area contributed by atoms with Crippen molar-refractivity contribution in [1.82, 2.24) is 19.7 Å². The predicted molar refractivity (Wildman–Crippen MR) is 84.9 cm³/mol. The smallest absolute Gasteiger partial charge is 0.268 e. The molecule has 0 saturated heterocycles. The van der Waals surface area contributed by atoms with Crippen LogP contribution in [0, 0.1) is 11.3 Å². The Hall–Kier alpha value is -3.33. The summed E-state index contributed by atoms with van der Waals surface area (Å²) in [7, 11) is 1.74. The van der Waals surface area contributed by atoms with Gasteiger partial charge in [0.25, 0.3) is 5.91 Å². The van der Waals surface area contributed by atoms with Crippen LogP contribution in [0.15, 0.2) is 55.0 Å². The number of rotatable bonds is 4. The van der Waals surface area contributed by atoms with Gasteiger partial charge in [-0.15, -0.1) is 0 Å². The third kappa shape index (κ3) is 3.14. The Balaban J connectivity index is 1.71. The molecule has 0 unspecified atom stereocenters. The van der Waals surface area contributed by atoms with E-state index in [1.807, 2.05) is 42.6 Å². The van der Waals surface area contributed by atoms with Gasteiger partial charge in [-0.25, -0.2) is 4.68 Å². The summed E-state index contributed by atoms with van der Waals surface area (Å²) in [5.41, 5.74) is 2.84. The first-order valence-corrected chi connectivity index (χ1v) is 7.11. The third-order valence-electron chi connectivity index (χ3n) is 3.50. The molecule has 2 heterocycles. The number of hydrogen-bond donors (Lipinski definition) is 1. The van der Waals surface area contributed by atoms with Gasteiger partial charge in [0.1, 0.15) is 11.8 Å². The molecule has 0 atom stereocenters. The van der Waals surface area contributed by atoms with E-state index in [4.69, 9.17) is 5.26 Å². The van der Waals surface area contributed by atoms with Crippen molar-refractivity contribution in [3.63, 3.8) is 0 Å². The molecule has 1 N–H and O–H groups in total. The number of hydrogen-bond acceptors (Lipinski definition) is 3. The zero-order valence-corrected chi connectivity index (χ0v) is 12.6. The highest BCUT2D eigenvalue weighted by Crippen LogP contribution is 2.10. The second kappa shape index (κ2) is 6.20. The van der Waals surface area contributed by atoms with Crippen LogP contribution in [-0.2, 0) is 13.6 Å². The Morgan fingerprint density at radius 3 is 2.91 bits per heavy atom. The average Bonchev–Trinajstić information content (AvgIpc) is 3.22. The third-order valence-corrected chi connectivity index (χ3v) is 3.50. The zero-order valence-electron chi connectivity index (χ0n) is 12.6. The molecule has 6 nitrogen and oxygen atoms in total. The van der Waals surface area contributed by atoms with E-state index in [0.717, 1.165) is 11.3 Å². The highest BCUT2D eigenvalue weighted by atomic mass is 16.1. The van der Waals surface area contributed by atoms with E-state index in [1.54, 1.807) is 34.8 Å². The SMILES string of the molecule is Cn1cc(C#N)cc1C(=O)NCc1cccc(-n2cccn2)c1. The number of aryl methyl sites for hydroxylation is 1. The second-order valence-corrected chi connectivity index (χ2v) is 5.14. The number of carbonyl (C=O) groups excluding carboxylic acids is 1. The van der Waals surface area contributed by atoms with Gasteiger partial charge < -0.3 is 9.88 Å². The number of benzene rings is 1. The zero-order chi connectivity index (χ0) is 16.2. The number of nitrogens with one attached hydrogen (secondary N) is 1. The molecule has 1 amide bonds. The van der Waals surface area contributed by atoms with Crippen molar-refractivity contribution in [2.24, 2.45) is 7.05 Å². The van der Waals surface area contributed by atoms with Gasteiger partial charge in [-0.05, 0) is 29.8 Å². The molecule has 0 spiro atoms. The molecule has 0 fully saturated rings. The first kappa shape index (κ1) is 14.6. The van der Waals surface area contributed by atoms with Crippen molar-refractivity contribution in [2.45, 2.75) is 6.54 Å². The number of amides is 1. The lowest BCUT2D eigenvalue weighted by Gasteiger charge is -2.08. The number of aromatic nitrogens is 3. The fourth-order valence-corrected chi connectivity index (χ4v) is 2.35. The minimum Gasteiger partial charge on any atom is -0.347 e. The van der Waals surface area contributed by atoms with Crippen molar-refractivity contribution >= 4 is 5.91 Å². The lowest BCUT2D eigenvalue weighted by atomic mass is 10.2. The van der Waals surface area contributed by atoms with Gasteiger partial charge >= 0.3 is 0 Å². The van der Waals surface area contributed by atoms with E-state index in [0.29, 0.717) is 17.8 Å². The fraction of sp³-hybridized carbons (Fsp3) is 0.118. The van der Waals surface area contributed by atoms with Gasteiger partial charge in [0, 0.05) is 32.2 Å². The summed E-state index contributed by atoms with van der Waals surface area (Å²) in [5.74, 6) is -0.210. The monoisotopic (exact) mass is 305 g/mol. The van der Waals surface area contributed by atoms with Crippen LogP contribution in [0.5, 0.6) is 0 Å². The minimum absolute atomic E-state index is 0.210. The maximum Gasteiger partial charge on any atom is 0.268 e. The molecule has 2 aromatic heterocycles. The summed E-state index contributed by atoms with van der Waals surface area (Å²) >= 11 is 0. The van der Waals surface area contributed by atoms with E-state index >= 15 is 0 Å². The molecular weight excluding hydrogens is 290 g/mol. The summed E-state index contributed by atoms with van der Waals surface area (Å²) in [5, 5.41) is 15.9. The Kier molecular flexibility index (Phi) is 3.93. The molecule has 0 aliphatic heterocycles. The summed E-state index contributed by atoms with van der Waals surface area (Å²) < 4.78 is 3.41. The van der Waals surface area contributed by atoms with E-state index < -0.39 is 0 Å². The van der Waals surface area contributed by atoms with Crippen LogP contribution in [-0.4, -0.2) is 20.3 Å². The first-order valence-electron chi connectivity index (χ1n) is 7.11. The standard InChI is InChI=1S/C17H15N5O/c1-21-12-14(10-18)9-16(21)17(23)19-11-13-4-2-5-15(8-13)22-7-3-6-20-22/h2-9,12H,11H2,1H3,(H,19,23). The van der Waals surface area contributed by atoms with Crippen LogP contribution in [0.3, 0.4) is 0 Å². The van der Waals surface area contributed by atoms with Crippen molar-refractivity contribution in [3.05, 3.63) is 71.8 Å². The quantitative estimate of drug-likeness (QED) is 0.801. The van der Waals surface area contributed by atoms with E-state index in [2.05, 4.69) is 10.4 Å². The molecule has 0 radical (unpaired) electrons. The molecule has 0 aliphatic rings. The number of carbonyl (C=O) groups is 1. The fourth-order valence-electron chi connectivity index (χ4n) is 2.35. The normalized spacial score (nSPS) is 10.3. The van der Waals surface area contributed by atoms with Gasteiger partial charge in [0.15, 0.2) is 0 Å². The molecular formula is C17H15N5O. The van der Waals surface area contributed by atoms with Gasteiger partial charge in [-0.3, -0.25) is 4.79 Å². The van der Waals surface area contributed by atoms with Crippen LogP contribution in [0.1, 0.15) is 21.6 Å². The second-order valence-electron chi connectivity index (χ2n) is 5.14. The Morgan fingerprint density at radius 1 is 1.35 bits per heavy atom. The molecule has 6 heteroatoms. The van der Waals surface area contributed by atoms with Gasteiger partial charge in [-0.2, -0.15) is 10.4 Å². The minimum atomic E-state index is -0.210. The van der Waals surface area contributed by atoms with Crippen LogP contribution < -0.4 is 5.32 Å². The summed E-state index contributed by atoms with van der Waals surface area (Å²) in [6.07, 6.45) is 5.22. The molecule has 0 aliphatic carbocycles. The van der Waals surface area contributed by atoms with E-state index in [9.17, 15) is 4.79 Å². The number of nitriles is 1. The first-order chi connectivity index (χ1) is 11.2. The lowest BCUT2D eigenvalue weighted by Crippen LogP contribution is -2.24. The molecule has 23 heavy (non-hydrogen) atoms. The molecule has 3 rings (SSSR count). The summed E-state index contributed by atoms with van der Waals surface area (Å²) in [6.45, 7) is 0.404. The molecule has 3 aromatic rings. The van der Waals surface area contributed by atoms with Crippen molar-refractivity contribution in [1.29, 1.82) is 5.26 Å². The molecule has 0 saturated carbocycles. The van der Waals surface area contributed by atoms with Gasteiger partial charge in [0.2, 0.25) is 0 Å². The molecule has 1 aromatic carbocycles. The van der Waals surface area contributed by atoms with Crippen molar-refractivity contribution < 1.29 is 4.79 Å². The highest BCUT2D eigenvalue weighted by Gasteiger charge is 2.11. The van der Waals surface area contributed by atoms with Crippen LogP contribution in [0.25, 0.3) is 5.69 Å². The molecule has 114 valence electrons. The number of nitrogens with zero attached hydrogens (tertiary/aromatic N) is 4.